The second kappa shape index (κ2) is 7.26. The highest BCUT2D eigenvalue weighted by atomic mass is 35.5. The zero-order valence-corrected chi connectivity index (χ0v) is 12.7. The number of nitrogens with zero attached hydrogens (tertiary/aromatic N) is 1. The van der Waals surface area contributed by atoms with Gasteiger partial charge in [0.15, 0.2) is 0 Å². The Labute approximate surface area is 127 Å². The summed E-state index contributed by atoms with van der Waals surface area (Å²) in [6.07, 6.45) is 2.45. The Balaban J connectivity index is 1.91. The van der Waals surface area contributed by atoms with Gasteiger partial charge in [0.1, 0.15) is 5.82 Å². The summed E-state index contributed by atoms with van der Waals surface area (Å²) < 4.78 is 0.771. The Hall–Kier alpha value is -1.59. The summed E-state index contributed by atoms with van der Waals surface area (Å²) >= 11 is 7.40. The lowest BCUT2D eigenvalue weighted by Crippen LogP contribution is -2.26. The molecule has 2 N–H and O–H groups in total. The topological polar surface area (TPSA) is 54.0 Å². The number of carbonyl (C=O) groups excluding carboxylic acids is 1. The van der Waals surface area contributed by atoms with Crippen LogP contribution >= 0.6 is 22.9 Å². The average Bonchev–Trinajstić information content (AvgIpc) is 2.85. The van der Waals surface area contributed by atoms with E-state index in [1.165, 1.54) is 11.3 Å². The molecule has 0 saturated heterocycles. The van der Waals surface area contributed by atoms with Crippen molar-refractivity contribution in [2.45, 2.75) is 13.3 Å². The second-order valence-corrected chi connectivity index (χ2v) is 5.94. The van der Waals surface area contributed by atoms with Crippen molar-refractivity contribution >= 4 is 34.7 Å². The number of aromatic nitrogens is 1. The zero-order chi connectivity index (χ0) is 14.4. The molecule has 106 valence electrons. The molecule has 20 heavy (non-hydrogen) atoms. The second-order valence-electron chi connectivity index (χ2n) is 4.14. The molecule has 0 saturated carbocycles. The predicted octanol–water partition coefficient (Wildman–Crippen LogP) is 3.20. The van der Waals surface area contributed by atoms with Crippen molar-refractivity contribution in [3.05, 3.63) is 45.2 Å². The Morgan fingerprint density at radius 3 is 2.95 bits per heavy atom. The molecule has 0 aromatic carbocycles. The number of pyridine rings is 1. The number of hydrogen-bond acceptors (Lipinski definition) is 4. The highest BCUT2D eigenvalue weighted by Crippen LogP contribution is 2.21. The number of rotatable bonds is 6. The van der Waals surface area contributed by atoms with E-state index in [0.717, 1.165) is 22.2 Å². The van der Waals surface area contributed by atoms with Crippen LogP contribution < -0.4 is 10.6 Å². The lowest BCUT2D eigenvalue weighted by Gasteiger charge is -2.09. The van der Waals surface area contributed by atoms with E-state index in [-0.39, 0.29) is 5.91 Å². The molecule has 0 bridgehead atoms. The first-order valence-corrected chi connectivity index (χ1v) is 7.61. The van der Waals surface area contributed by atoms with Crippen LogP contribution in [0.3, 0.4) is 0 Å². The molecular weight excluding hydrogens is 294 g/mol. The van der Waals surface area contributed by atoms with Crippen molar-refractivity contribution in [2.24, 2.45) is 0 Å². The predicted molar refractivity (Wildman–Crippen MR) is 83.8 cm³/mol. The van der Waals surface area contributed by atoms with Gasteiger partial charge in [-0.1, -0.05) is 11.6 Å². The molecule has 2 rings (SSSR count). The number of anilines is 1. The number of carbonyl (C=O) groups is 1. The van der Waals surface area contributed by atoms with Crippen molar-refractivity contribution in [3.63, 3.8) is 0 Å². The molecule has 0 atom stereocenters. The Morgan fingerprint density at radius 1 is 1.40 bits per heavy atom. The third kappa shape index (κ3) is 3.95. The standard InChI is InChI=1S/C14H16ClN3OS/c1-2-16-13-11(4-3-8-17-13)14(19)18-9-7-10-5-6-12(15)20-10/h3-6,8H,2,7,9H2,1H3,(H,16,17)(H,18,19). The van der Waals surface area contributed by atoms with Crippen molar-refractivity contribution in [1.82, 2.24) is 10.3 Å². The van der Waals surface area contributed by atoms with E-state index in [9.17, 15) is 4.79 Å². The van der Waals surface area contributed by atoms with Crippen molar-refractivity contribution < 1.29 is 4.79 Å². The van der Waals surface area contributed by atoms with E-state index in [0.29, 0.717) is 17.9 Å². The van der Waals surface area contributed by atoms with E-state index in [4.69, 9.17) is 11.6 Å². The largest absolute Gasteiger partial charge is 0.370 e. The minimum Gasteiger partial charge on any atom is -0.370 e. The number of hydrogen-bond donors (Lipinski definition) is 2. The smallest absolute Gasteiger partial charge is 0.255 e. The van der Waals surface area contributed by atoms with Gasteiger partial charge in [0.2, 0.25) is 0 Å². The summed E-state index contributed by atoms with van der Waals surface area (Å²) in [5, 5.41) is 5.98. The third-order valence-corrected chi connectivity index (χ3v) is 3.97. The first-order valence-electron chi connectivity index (χ1n) is 6.42. The van der Waals surface area contributed by atoms with Gasteiger partial charge in [-0.3, -0.25) is 4.79 Å². The minimum absolute atomic E-state index is 0.114. The lowest BCUT2D eigenvalue weighted by molar-refractivity contribution is 0.0954. The van der Waals surface area contributed by atoms with E-state index >= 15 is 0 Å². The van der Waals surface area contributed by atoms with Gasteiger partial charge in [-0.2, -0.15) is 0 Å². The summed E-state index contributed by atoms with van der Waals surface area (Å²) in [6, 6.07) is 7.37. The highest BCUT2D eigenvalue weighted by molar-refractivity contribution is 7.16. The number of halogens is 1. The SMILES string of the molecule is CCNc1ncccc1C(=O)NCCc1ccc(Cl)s1. The number of amides is 1. The fourth-order valence-electron chi connectivity index (χ4n) is 1.78. The van der Waals surface area contributed by atoms with Gasteiger partial charge in [0.25, 0.3) is 5.91 Å². The Bertz CT molecular complexity index is 585. The maximum Gasteiger partial charge on any atom is 0.255 e. The first-order chi connectivity index (χ1) is 9.70. The van der Waals surface area contributed by atoms with Crippen LogP contribution in [0.5, 0.6) is 0 Å². The summed E-state index contributed by atoms with van der Waals surface area (Å²) in [5.41, 5.74) is 0.568. The monoisotopic (exact) mass is 309 g/mol. The molecule has 2 aromatic rings. The molecular formula is C14H16ClN3OS. The molecule has 0 aliphatic heterocycles. The lowest BCUT2D eigenvalue weighted by atomic mass is 10.2. The van der Waals surface area contributed by atoms with E-state index < -0.39 is 0 Å². The van der Waals surface area contributed by atoms with Crippen LogP contribution in [-0.4, -0.2) is 24.0 Å². The fourth-order valence-corrected chi connectivity index (χ4v) is 2.86. The quantitative estimate of drug-likeness (QED) is 0.861. The molecule has 6 heteroatoms. The van der Waals surface area contributed by atoms with Crippen molar-refractivity contribution in [3.8, 4) is 0 Å². The molecule has 0 unspecified atom stereocenters. The molecule has 4 nitrogen and oxygen atoms in total. The molecule has 2 aromatic heterocycles. The van der Waals surface area contributed by atoms with Crippen molar-refractivity contribution in [2.75, 3.05) is 18.4 Å². The van der Waals surface area contributed by atoms with E-state index in [1.807, 2.05) is 19.1 Å². The summed E-state index contributed by atoms with van der Waals surface area (Å²) in [5.74, 6) is 0.503. The van der Waals surface area contributed by atoms with Crippen LogP contribution in [0.4, 0.5) is 5.82 Å². The Kier molecular flexibility index (Phi) is 5.38. The summed E-state index contributed by atoms with van der Waals surface area (Å²) in [7, 11) is 0. The fraction of sp³-hybridized carbons (Fsp3) is 0.286. The minimum atomic E-state index is -0.114. The highest BCUT2D eigenvalue weighted by Gasteiger charge is 2.11. The van der Waals surface area contributed by atoms with Crippen LogP contribution in [0.15, 0.2) is 30.5 Å². The maximum absolute atomic E-state index is 12.1. The molecule has 0 spiro atoms. The molecule has 0 radical (unpaired) electrons. The van der Waals surface area contributed by atoms with Gasteiger partial charge in [0, 0.05) is 24.2 Å². The molecule has 1 amide bonds. The normalized spacial score (nSPS) is 10.3. The van der Waals surface area contributed by atoms with Crippen LogP contribution in [0.2, 0.25) is 4.34 Å². The maximum atomic E-state index is 12.1. The van der Waals surface area contributed by atoms with Crippen LogP contribution in [0, 0.1) is 0 Å². The van der Waals surface area contributed by atoms with E-state index in [2.05, 4.69) is 15.6 Å². The Morgan fingerprint density at radius 2 is 2.25 bits per heavy atom. The van der Waals surface area contributed by atoms with E-state index in [1.54, 1.807) is 18.3 Å². The van der Waals surface area contributed by atoms with Gasteiger partial charge in [-0.25, -0.2) is 4.98 Å². The zero-order valence-electron chi connectivity index (χ0n) is 11.1. The summed E-state index contributed by atoms with van der Waals surface area (Å²) in [4.78, 5) is 17.5. The van der Waals surface area contributed by atoms with Gasteiger partial charge >= 0.3 is 0 Å². The van der Waals surface area contributed by atoms with Gasteiger partial charge < -0.3 is 10.6 Å². The van der Waals surface area contributed by atoms with Gasteiger partial charge in [-0.05, 0) is 37.6 Å². The molecule has 0 aliphatic carbocycles. The van der Waals surface area contributed by atoms with Crippen LogP contribution in [0.25, 0.3) is 0 Å². The van der Waals surface area contributed by atoms with Gasteiger partial charge in [0.05, 0.1) is 9.90 Å². The van der Waals surface area contributed by atoms with Crippen LogP contribution in [-0.2, 0) is 6.42 Å². The van der Waals surface area contributed by atoms with Crippen molar-refractivity contribution in [1.29, 1.82) is 0 Å². The average molecular weight is 310 g/mol. The third-order valence-electron chi connectivity index (χ3n) is 2.68. The molecule has 2 heterocycles. The first kappa shape index (κ1) is 14.8. The van der Waals surface area contributed by atoms with Gasteiger partial charge in [-0.15, -0.1) is 11.3 Å². The molecule has 0 aliphatic rings. The summed E-state index contributed by atoms with van der Waals surface area (Å²) in [6.45, 7) is 3.28. The van der Waals surface area contributed by atoms with Crippen LogP contribution in [0.1, 0.15) is 22.2 Å². The number of thiophene rings is 1. The number of nitrogens with one attached hydrogen (secondary N) is 2. The molecule has 0 fully saturated rings.